The first-order chi connectivity index (χ1) is 12.1. The molecule has 0 spiro atoms. The lowest BCUT2D eigenvalue weighted by Gasteiger charge is -2.34. The van der Waals surface area contributed by atoms with Gasteiger partial charge in [0.2, 0.25) is 11.6 Å². The van der Waals surface area contributed by atoms with Crippen molar-refractivity contribution in [2.24, 2.45) is 11.3 Å². The average Bonchev–Trinajstić information content (AvgIpc) is 3.08. The van der Waals surface area contributed by atoms with Crippen LogP contribution in [0.25, 0.3) is 0 Å². The van der Waals surface area contributed by atoms with E-state index >= 15 is 0 Å². The summed E-state index contributed by atoms with van der Waals surface area (Å²) in [5.41, 5.74) is -1.91. The van der Waals surface area contributed by atoms with Crippen LogP contribution in [0.15, 0.2) is 35.6 Å². The summed E-state index contributed by atoms with van der Waals surface area (Å²) in [6.07, 6.45) is 1.69. The molecule has 0 saturated carbocycles. The molecule has 2 bridgehead atoms. The Bertz CT molecular complexity index is 796. The van der Waals surface area contributed by atoms with Gasteiger partial charge in [-0.2, -0.15) is 0 Å². The van der Waals surface area contributed by atoms with Crippen LogP contribution in [0.3, 0.4) is 0 Å². The summed E-state index contributed by atoms with van der Waals surface area (Å²) < 4.78 is 17.4. The maximum atomic E-state index is 12.8. The van der Waals surface area contributed by atoms with Crippen molar-refractivity contribution in [3.63, 3.8) is 0 Å². The number of hydrogen-bond donors (Lipinski definition) is 2. The number of esters is 1. The highest BCUT2D eigenvalue weighted by Crippen LogP contribution is 2.60. The van der Waals surface area contributed by atoms with Crippen molar-refractivity contribution in [3.05, 3.63) is 35.6 Å². The van der Waals surface area contributed by atoms with E-state index in [4.69, 9.17) is 14.2 Å². The fourth-order valence-corrected chi connectivity index (χ4v) is 4.69. The third-order valence-corrected chi connectivity index (χ3v) is 6.25. The summed E-state index contributed by atoms with van der Waals surface area (Å²) >= 11 is 0. The zero-order valence-corrected chi connectivity index (χ0v) is 14.9. The van der Waals surface area contributed by atoms with Crippen molar-refractivity contribution in [2.75, 3.05) is 6.61 Å². The van der Waals surface area contributed by atoms with Gasteiger partial charge in [0, 0.05) is 24.0 Å². The van der Waals surface area contributed by atoms with Crippen LogP contribution < -0.4 is 0 Å². The predicted octanol–water partition coefficient (Wildman–Crippen LogP) is 0.762. The second kappa shape index (κ2) is 5.06. The molecule has 0 aromatic heterocycles. The van der Waals surface area contributed by atoms with E-state index in [1.165, 1.54) is 6.08 Å². The Balaban J connectivity index is 1.91. The molecule has 0 aliphatic carbocycles. The maximum Gasteiger partial charge on any atom is 0.318 e. The number of hydrogen-bond acceptors (Lipinski definition) is 7. The Kier molecular flexibility index (Phi) is 3.40. The topological polar surface area (TPSA) is 102 Å². The number of rotatable bonds is 2. The Morgan fingerprint density at radius 3 is 2.69 bits per heavy atom. The van der Waals surface area contributed by atoms with Gasteiger partial charge in [-0.05, 0) is 32.4 Å². The van der Waals surface area contributed by atoms with Crippen LogP contribution in [-0.2, 0) is 23.8 Å². The van der Waals surface area contributed by atoms with E-state index in [0.29, 0.717) is 5.57 Å². The van der Waals surface area contributed by atoms with E-state index in [1.54, 1.807) is 26.8 Å². The quantitative estimate of drug-likeness (QED) is 0.552. The first kappa shape index (κ1) is 17.5. The second-order valence-electron chi connectivity index (χ2n) is 7.94. The highest BCUT2D eigenvalue weighted by Gasteiger charge is 2.74. The first-order valence-electron chi connectivity index (χ1n) is 8.61. The number of aliphatic hydroxyl groups is 2. The number of ether oxygens (including phenoxy) is 3. The van der Waals surface area contributed by atoms with Crippen LogP contribution in [0.2, 0.25) is 0 Å². The molecule has 2 fully saturated rings. The van der Waals surface area contributed by atoms with Crippen LogP contribution in [0.5, 0.6) is 0 Å². The van der Waals surface area contributed by atoms with Gasteiger partial charge in [-0.3, -0.25) is 9.59 Å². The van der Waals surface area contributed by atoms with Gasteiger partial charge in [0.05, 0.1) is 12.7 Å². The van der Waals surface area contributed by atoms with Gasteiger partial charge < -0.3 is 24.4 Å². The minimum absolute atomic E-state index is 0.140. The SMILES string of the molecule is C=C(C)[C@@]1(O)O[C@H]2C[C@@]3(C)OC(=CC3=O)/C(CO)=C\[C@H]3OC(=O)[C@@]1(C)[C@H]23. The molecule has 7 nitrogen and oxygen atoms in total. The van der Waals surface area contributed by atoms with Crippen LogP contribution >= 0.6 is 0 Å². The maximum absolute atomic E-state index is 12.8. The number of carbonyl (C=O) groups excluding carboxylic acids is 2. The Morgan fingerprint density at radius 2 is 2.08 bits per heavy atom. The lowest BCUT2D eigenvalue weighted by atomic mass is 9.67. The van der Waals surface area contributed by atoms with Gasteiger partial charge in [-0.1, -0.05) is 6.58 Å². The van der Waals surface area contributed by atoms with E-state index in [2.05, 4.69) is 6.58 Å². The normalized spacial score (nSPS) is 48.4. The fourth-order valence-electron chi connectivity index (χ4n) is 4.69. The molecule has 0 radical (unpaired) electrons. The van der Waals surface area contributed by atoms with Gasteiger partial charge in [-0.15, -0.1) is 0 Å². The summed E-state index contributed by atoms with van der Waals surface area (Å²) in [4.78, 5) is 25.3. The van der Waals surface area contributed by atoms with E-state index in [1.807, 2.05) is 0 Å². The second-order valence-corrected chi connectivity index (χ2v) is 7.94. The van der Waals surface area contributed by atoms with Crippen molar-refractivity contribution < 1.29 is 34.0 Å². The van der Waals surface area contributed by atoms with Crippen molar-refractivity contribution in [1.29, 1.82) is 0 Å². The van der Waals surface area contributed by atoms with Crippen molar-refractivity contribution in [3.8, 4) is 0 Å². The predicted molar refractivity (Wildman–Crippen MR) is 88.5 cm³/mol. The molecule has 26 heavy (non-hydrogen) atoms. The zero-order valence-electron chi connectivity index (χ0n) is 14.9. The molecule has 0 amide bonds. The third kappa shape index (κ3) is 1.88. The zero-order chi connectivity index (χ0) is 19.1. The van der Waals surface area contributed by atoms with Crippen molar-refractivity contribution in [2.45, 2.75) is 50.8 Å². The Labute approximate surface area is 150 Å². The molecule has 0 unspecified atom stereocenters. The van der Waals surface area contributed by atoms with E-state index in [0.717, 1.165) is 0 Å². The number of ketones is 1. The molecule has 2 N–H and O–H groups in total. The van der Waals surface area contributed by atoms with Crippen molar-refractivity contribution >= 4 is 11.8 Å². The summed E-state index contributed by atoms with van der Waals surface area (Å²) in [7, 11) is 0. The van der Waals surface area contributed by atoms with Gasteiger partial charge in [0.1, 0.15) is 17.3 Å². The van der Waals surface area contributed by atoms with E-state index in [-0.39, 0.29) is 30.1 Å². The lowest BCUT2D eigenvalue weighted by Crippen LogP contribution is -2.49. The molecular weight excluding hydrogens is 340 g/mol. The van der Waals surface area contributed by atoms with Crippen LogP contribution in [0.1, 0.15) is 27.2 Å². The molecule has 0 aromatic rings. The molecule has 2 saturated heterocycles. The van der Waals surface area contributed by atoms with E-state index in [9.17, 15) is 19.8 Å². The summed E-state index contributed by atoms with van der Waals surface area (Å²) in [6, 6.07) is 0. The van der Waals surface area contributed by atoms with Crippen LogP contribution in [-0.4, -0.2) is 52.2 Å². The lowest BCUT2D eigenvalue weighted by molar-refractivity contribution is -0.219. The first-order valence-corrected chi connectivity index (χ1v) is 8.61. The van der Waals surface area contributed by atoms with Crippen LogP contribution in [0, 0.1) is 11.3 Å². The highest BCUT2D eigenvalue weighted by molar-refractivity contribution is 6.00. The average molecular weight is 362 g/mol. The third-order valence-electron chi connectivity index (χ3n) is 6.25. The molecule has 4 aliphatic rings. The molecule has 4 rings (SSSR count). The smallest absolute Gasteiger partial charge is 0.318 e. The standard InChI is InChI=1S/C19H22O7/c1-9(2)19(23)18(4)15-12(24-16(18)22)5-10(8-20)11-6-14(21)17(3,25-11)7-13(15)26-19/h5-6,12-13,15,20,23H,1,7-8H2,2-4H3/b10-5-/t12-,13+,15+,17-,18-,19-/m1/s1. The molecule has 0 aromatic carbocycles. The highest BCUT2D eigenvalue weighted by atomic mass is 16.7. The van der Waals surface area contributed by atoms with Gasteiger partial charge in [0.15, 0.2) is 5.60 Å². The summed E-state index contributed by atoms with van der Waals surface area (Å²) in [5.74, 6) is -3.01. The van der Waals surface area contributed by atoms with Gasteiger partial charge in [-0.25, -0.2) is 0 Å². The summed E-state index contributed by atoms with van der Waals surface area (Å²) in [5, 5.41) is 20.9. The number of aliphatic hydroxyl groups excluding tert-OH is 1. The molecule has 6 atom stereocenters. The monoisotopic (exact) mass is 362 g/mol. The minimum atomic E-state index is -1.91. The molecule has 4 heterocycles. The van der Waals surface area contributed by atoms with Crippen molar-refractivity contribution in [1.82, 2.24) is 0 Å². The van der Waals surface area contributed by atoms with Gasteiger partial charge >= 0.3 is 5.97 Å². The Morgan fingerprint density at radius 1 is 1.38 bits per heavy atom. The summed E-state index contributed by atoms with van der Waals surface area (Å²) in [6.45, 7) is 8.25. The van der Waals surface area contributed by atoms with E-state index < -0.39 is 40.9 Å². The number of carbonyl (C=O) groups is 2. The number of fused-ring (bicyclic) bond motifs is 2. The molecule has 7 heteroatoms. The molecule has 4 aliphatic heterocycles. The minimum Gasteiger partial charge on any atom is -0.479 e. The van der Waals surface area contributed by atoms with Gasteiger partial charge in [0.25, 0.3) is 0 Å². The largest absolute Gasteiger partial charge is 0.479 e. The fraction of sp³-hybridized carbons (Fsp3) is 0.579. The molecular formula is C19H22O7. The van der Waals surface area contributed by atoms with Crippen LogP contribution in [0.4, 0.5) is 0 Å². The Hall–Kier alpha value is -1.96. The molecule has 140 valence electrons.